The van der Waals surface area contributed by atoms with E-state index in [4.69, 9.17) is 5.73 Å². The van der Waals surface area contributed by atoms with E-state index in [-0.39, 0.29) is 17.7 Å². The molecule has 0 saturated carbocycles. The van der Waals surface area contributed by atoms with Crippen LogP contribution in [0.3, 0.4) is 0 Å². The number of Topliss-reactive ketones (excluding diaryl/α,β-unsaturated/α-hetero) is 1. The molecule has 18 heavy (non-hydrogen) atoms. The zero-order chi connectivity index (χ0) is 13.0. The van der Waals surface area contributed by atoms with Crippen molar-refractivity contribution in [3.05, 3.63) is 58.3 Å². The monoisotopic (exact) mass is 259 g/mol. The van der Waals surface area contributed by atoms with Gasteiger partial charge in [-0.05, 0) is 17.0 Å². The van der Waals surface area contributed by atoms with Gasteiger partial charge in [-0.2, -0.15) is 0 Å². The van der Waals surface area contributed by atoms with Gasteiger partial charge in [0.25, 0.3) is 0 Å². The summed E-state index contributed by atoms with van der Waals surface area (Å²) in [6.45, 7) is 1.91. The first-order valence-corrected chi connectivity index (χ1v) is 6.92. The van der Waals surface area contributed by atoms with Gasteiger partial charge in [0.2, 0.25) is 0 Å². The molecule has 0 aliphatic heterocycles. The van der Waals surface area contributed by atoms with Crippen molar-refractivity contribution in [1.82, 2.24) is 0 Å². The molecule has 3 heteroatoms. The molecule has 0 saturated heterocycles. The van der Waals surface area contributed by atoms with Gasteiger partial charge in [0.1, 0.15) is 5.78 Å². The number of hydrogen-bond donors (Lipinski definition) is 1. The zero-order valence-corrected chi connectivity index (χ0v) is 11.2. The van der Waals surface area contributed by atoms with Gasteiger partial charge in [-0.1, -0.05) is 43.3 Å². The highest BCUT2D eigenvalue weighted by Crippen LogP contribution is 2.22. The van der Waals surface area contributed by atoms with Gasteiger partial charge in [-0.25, -0.2) is 0 Å². The first-order valence-electron chi connectivity index (χ1n) is 6.04. The third-order valence-corrected chi connectivity index (χ3v) is 4.04. The third-order valence-electron chi connectivity index (χ3n) is 3.16. The van der Waals surface area contributed by atoms with Crippen LogP contribution in [-0.4, -0.2) is 5.78 Å². The van der Waals surface area contributed by atoms with Crippen LogP contribution in [0.1, 0.15) is 23.4 Å². The second-order valence-corrected chi connectivity index (χ2v) is 5.48. The van der Waals surface area contributed by atoms with Crippen LogP contribution in [0.5, 0.6) is 0 Å². The van der Waals surface area contributed by atoms with E-state index in [1.807, 2.05) is 54.8 Å². The van der Waals surface area contributed by atoms with Crippen molar-refractivity contribution in [2.24, 2.45) is 11.7 Å². The lowest BCUT2D eigenvalue weighted by Gasteiger charge is -2.18. The van der Waals surface area contributed by atoms with Crippen molar-refractivity contribution >= 4 is 17.1 Å². The van der Waals surface area contributed by atoms with Gasteiger partial charge < -0.3 is 5.73 Å². The molecule has 0 aliphatic rings. The number of carbonyl (C=O) groups is 1. The second kappa shape index (κ2) is 5.94. The van der Waals surface area contributed by atoms with Gasteiger partial charge in [0.05, 0.1) is 0 Å². The summed E-state index contributed by atoms with van der Waals surface area (Å²) in [7, 11) is 0. The van der Waals surface area contributed by atoms with Crippen molar-refractivity contribution in [1.29, 1.82) is 0 Å². The van der Waals surface area contributed by atoms with Gasteiger partial charge in [0.15, 0.2) is 0 Å². The van der Waals surface area contributed by atoms with Crippen LogP contribution in [0, 0.1) is 5.92 Å². The maximum Gasteiger partial charge on any atom is 0.142 e. The standard InChI is InChI=1S/C15H17NOS/c1-11(14(17)10-13-8-5-9-18-13)15(16)12-6-3-2-4-7-12/h2-9,11,15H,10,16H2,1H3. The van der Waals surface area contributed by atoms with Crippen molar-refractivity contribution < 1.29 is 4.79 Å². The van der Waals surface area contributed by atoms with Crippen LogP contribution >= 0.6 is 11.3 Å². The van der Waals surface area contributed by atoms with Gasteiger partial charge in [0, 0.05) is 23.3 Å². The van der Waals surface area contributed by atoms with E-state index in [1.54, 1.807) is 11.3 Å². The fraction of sp³-hybridized carbons (Fsp3) is 0.267. The largest absolute Gasteiger partial charge is 0.323 e. The highest BCUT2D eigenvalue weighted by molar-refractivity contribution is 7.10. The van der Waals surface area contributed by atoms with Crippen LogP contribution < -0.4 is 5.73 Å². The topological polar surface area (TPSA) is 43.1 Å². The number of carbonyl (C=O) groups excluding carboxylic acids is 1. The predicted octanol–water partition coefficient (Wildman–Crippen LogP) is 3.20. The number of benzene rings is 1. The number of rotatable bonds is 5. The van der Waals surface area contributed by atoms with Crippen LogP contribution in [0.15, 0.2) is 47.8 Å². The lowest BCUT2D eigenvalue weighted by molar-refractivity contribution is -0.122. The molecule has 0 radical (unpaired) electrons. The second-order valence-electron chi connectivity index (χ2n) is 4.45. The molecule has 2 rings (SSSR count). The minimum Gasteiger partial charge on any atom is -0.323 e. The summed E-state index contributed by atoms with van der Waals surface area (Å²) >= 11 is 1.61. The van der Waals surface area contributed by atoms with Crippen molar-refractivity contribution in [2.45, 2.75) is 19.4 Å². The zero-order valence-electron chi connectivity index (χ0n) is 10.4. The first-order chi connectivity index (χ1) is 8.68. The summed E-state index contributed by atoms with van der Waals surface area (Å²) in [5.74, 6) is 0.0447. The predicted molar refractivity (Wildman–Crippen MR) is 75.6 cm³/mol. The molecular formula is C15H17NOS. The maximum atomic E-state index is 12.2. The van der Waals surface area contributed by atoms with Crippen LogP contribution in [0.25, 0.3) is 0 Å². The Bertz CT molecular complexity index is 492. The molecule has 2 N–H and O–H groups in total. The molecule has 0 fully saturated rings. The number of thiophene rings is 1. The van der Waals surface area contributed by atoms with Crippen LogP contribution in [0.4, 0.5) is 0 Å². The van der Waals surface area contributed by atoms with Gasteiger partial charge in [-0.3, -0.25) is 4.79 Å². The Morgan fingerprint density at radius 3 is 2.56 bits per heavy atom. The fourth-order valence-corrected chi connectivity index (χ4v) is 2.62. The molecular weight excluding hydrogens is 242 g/mol. The molecule has 0 aliphatic carbocycles. The van der Waals surface area contributed by atoms with E-state index in [2.05, 4.69) is 0 Å². The first kappa shape index (κ1) is 13.0. The Kier molecular flexibility index (Phi) is 4.28. The number of ketones is 1. The normalized spacial score (nSPS) is 14.1. The van der Waals surface area contributed by atoms with Gasteiger partial charge >= 0.3 is 0 Å². The maximum absolute atomic E-state index is 12.2. The van der Waals surface area contributed by atoms with Gasteiger partial charge in [-0.15, -0.1) is 11.3 Å². The lowest BCUT2D eigenvalue weighted by atomic mass is 9.90. The summed E-state index contributed by atoms with van der Waals surface area (Å²) in [6, 6.07) is 13.5. The summed E-state index contributed by atoms with van der Waals surface area (Å²) in [5.41, 5.74) is 7.17. The molecule has 2 unspecified atom stereocenters. The van der Waals surface area contributed by atoms with E-state index in [0.29, 0.717) is 6.42 Å². The van der Waals surface area contributed by atoms with Crippen LogP contribution in [0.2, 0.25) is 0 Å². The van der Waals surface area contributed by atoms with Crippen molar-refractivity contribution in [2.75, 3.05) is 0 Å². The molecule has 0 bridgehead atoms. The molecule has 1 aromatic carbocycles. The van der Waals surface area contributed by atoms with Crippen molar-refractivity contribution in [3.63, 3.8) is 0 Å². The summed E-state index contributed by atoms with van der Waals surface area (Å²) in [4.78, 5) is 13.3. The fourth-order valence-electron chi connectivity index (χ4n) is 1.91. The van der Waals surface area contributed by atoms with E-state index < -0.39 is 0 Å². The molecule has 1 aromatic heterocycles. The molecule has 2 nitrogen and oxygen atoms in total. The Morgan fingerprint density at radius 2 is 1.94 bits per heavy atom. The Morgan fingerprint density at radius 1 is 1.22 bits per heavy atom. The summed E-state index contributed by atoms with van der Waals surface area (Å²) < 4.78 is 0. The quantitative estimate of drug-likeness (QED) is 0.896. The van der Waals surface area contributed by atoms with E-state index in [0.717, 1.165) is 10.4 Å². The van der Waals surface area contributed by atoms with Crippen LogP contribution in [-0.2, 0) is 11.2 Å². The minimum absolute atomic E-state index is 0.158. The molecule has 94 valence electrons. The summed E-state index contributed by atoms with van der Waals surface area (Å²) in [5, 5.41) is 1.99. The highest BCUT2D eigenvalue weighted by atomic mass is 32.1. The highest BCUT2D eigenvalue weighted by Gasteiger charge is 2.22. The minimum atomic E-state index is -0.223. The SMILES string of the molecule is CC(C(=O)Cc1cccs1)C(N)c1ccccc1. The third kappa shape index (κ3) is 3.06. The van der Waals surface area contributed by atoms with E-state index >= 15 is 0 Å². The lowest BCUT2D eigenvalue weighted by Crippen LogP contribution is -2.27. The molecule has 1 heterocycles. The van der Waals surface area contributed by atoms with E-state index in [9.17, 15) is 4.79 Å². The molecule has 2 atom stereocenters. The van der Waals surface area contributed by atoms with E-state index in [1.165, 1.54) is 0 Å². The Balaban J connectivity index is 2.02. The number of hydrogen-bond acceptors (Lipinski definition) is 3. The Hall–Kier alpha value is -1.45. The average Bonchev–Trinajstić information content (AvgIpc) is 2.91. The molecule has 0 amide bonds. The van der Waals surface area contributed by atoms with Crippen molar-refractivity contribution in [3.8, 4) is 0 Å². The average molecular weight is 259 g/mol. The molecule has 2 aromatic rings. The Labute approximate surface area is 111 Å². The number of nitrogens with two attached hydrogens (primary N) is 1. The smallest absolute Gasteiger partial charge is 0.142 e. The summed E-state index contributed by atoms with van der Waals surface area (Å²) in [6.07, 6.45) is 0.485. The molecule has 0 spiro atoms.